The SMILES string of the molecule is NCCC1CNCCC1(F)F. The summed E-state index contributed by atoms with van der Waals surface area (Å²) in [5.74, 6) is -3.05. The summed E-state index contributed by atoms with van der Waals surface area (Å²) in [6, 6.07) is 0. The van der Waals surface area contributed by atoms with Crippen LogP contribution in [-0.4, -0.2) is 25.6 Å². The third kappa shape index (κ3) is 2.10. The first-order valence-corrected chi connectivity index (χ1v) is 3.95. The zero-order valence-corrected chi connectivity index (χ0v) is 6.45. The first-order chi connectivity index (χ1) is 5.17. The Morgan fingerprint density at radius 3 is 2.82 bits per heavy atom. The van der Waals surface area contributed by atoms with E-state index in [1.54, 1.807) is 0 Å². The molecule has 11 heavy (non-hydrogen) atoms. The first kappa shape index (κ1) is 8.87. The summed E-state index contributed by atoms with van der Waals surface area (Å²) in [4.78, 5) is 0. The standard InChI is InChI=1S/C7H14F2N2/c8-7(9)2-4-11-5-6(7)1-3-10/h6,11H,1-5,10H2. The molecule has 0 radical (unpaired) electrons. The van der Waals surface area contributed by atoms with Crippen LogP contribution in [0.5, 0.6) is 0 Å². The van der Waals surface area contributed by atoms with Crippen molar-refractivity contribution in [2.45, 2.75) is 18.8 Å². The Morgan fingerprint density at radius 2 is 2.27 bits per heavy atom. The van der Waals surface area contributed by atoms with Gasteiger partial charge in [-0.05, 0) is 13.0 Å². The van der Waals surface area contributed by atoms with Crippen LogP contribution < -0.4 is 11.1 Å². The van der Waals surface area contributed by atoms with Crippen molar-refractivity contribution < 1.29 is 8.78 Å². The normalized spacial score (nSPS) is 30.3. The molecule has 1 aliphatic heterocycles. The molecule has 0 spiro atoms. The second-order valence-corrected chi connectivity index (χ2v) is 2.99. The van der Waals surface area contributed by atoms with Gasteiger partial charge in [0.05, 0.1) is 0 Å². The second-order valence-electron chi connectivity index (χ2n) is 2.99. The topological polar surface area (TPSA) is 38.0 Å². The van der Waals surface area contributed by atoms with E-state index in [2.05, 4.69) is 5.32 Å². The Bertz CT molecular complexity index is 126. The molecular weight excluding hydrogens is 150 g/mol. The first-order valence-electron chi connectivity index (χ1n) is 3.95. The van der Waals surface area contributed by atoms with Crippen LogP contribution in [0.15, 0.2) is 0 Å². The predicted molar refractivity (Wildman–Crippen MR) is 39.6 cm³/mol. The molecule has 1 saturated heterocycles. The van der Waals surface area contributed by atoms with E-state index in [9.17, 15) is 8.78 Å². The molecular formula is C7H14F2N2. The molecule has 1 aliphatic rings. The van der Waals surface area contributed by atoms with Gasteiger partial charge in [-0.1, -0.05) is 0 Å². The van der Waals surface area contributed by atoms with Gasteiger partial charge in [0.25, 0.3) is 5.92 Å². The lowest BCUT2D eigenvalue weighted by Crippen LogP contribution is -2.45. The lowest BCUT2D eigenvalue weighted by molar-refractivity contribution is -0.0797. The van der Waals surface area contributed by atoms with Crippen molar-refractivity contribution >= 4 is 0 Å². The number of nitrogens with two attached hydrogens (primary N) is 1. The number of halogens is 2. The van der Waals surface area contributed by atoms with E-state index < -0.39 is 11.8 Å². The molecule has 2 nitrogen and oxygen atoms in total. The molecule has 0 aromatic carbocycles. The Hall–Kier alpha value is -0.220. The monoisotopic (exact) mass is 164 g/mol. The lowest BCUT2D eigenvalue weighted by Gasteiger charge is -2.31. The van der Waals surface area contributed by atoms with Crippen LogP contribution in [0, 0.1) is 5.92 Å². The molecule has 1 atom stereocenters. The summed E-state index contributed by atoms with van der Waals surface area (Å²) in [5.41, 5.74) is 5.22. The van der Waals surface area contributed by atoms with E-state index in [1.807, 2.05) is 0 Å². The number of hydrogen-bond donors (Lipinski definition) is 2. The molecule has 0 aromatic rings. The van der Waals surface area contributed by atoms with E-state index >= 15 is 0 Å². The van der Waals surface area contributed by atoms with Gasteiger partial charge >= 0.3 is 0 Å². The van der Waals surface area contributed by atoms with Crippen molar-refractivity contribution in [3.8, 4) is 0 Å². The van der Waals surface area contributed by atoms with Crippen molar-refractivity contribution in [3.63, 3.8) is 0 Å². The third-order valence-corrected chi connectivity index (χ3v) is 2.14. The fourth-order valence-corrected chi connectivity index (χ4v) is 1.40. The van der Waals surface area contributed by atoms with Gasteiger partial charge in [0.15, 0.2) is 0 Å². The summed E-state index contributed by atoms with van der Waals surface area (Å²) in [7, 11) is 0. The van der Waals surface area contributed by atoms with Crippen molar-refractivity contribution in [1.29, 1.82) is 0 Å². The highest BCUT2D eigenvalue weighted by molar-refractivity contribution is 4.84. The fourth-order valence-electron chi connectivity index (χ4n) is 1.40. The summed E-state index contributed by atoms with van der Waals surface area (Å²) < 4.78 is 25.9. The highest BCUT2D eigenvalue weighted by Gasteiger charge is 2.40. The predicted octanol–water partition coefficient (Wildman–Crippen LogP) is 0.580. The molecule has 66 valence electrons. The van der Waals surface area contributed by atoms with Gasteiger partial charge in [0.2, 0.25) is 0 Å². The van der Waals surface area contributed by atoms with E-state index in [4.69, 9.17) is 5.73 Å². The van der Waals surface area contributed by atoms with E-state index in [0.29, 0.717) is 26.1 Å². The molecule has 3 N–H and O–H groups in total. The zero-order chi connectivity index (χ0) is 8.32. The molecule has 0 aliphatic carbocycles. The Labute approximate surface area is 65.1 Å². The number of alkyl halides is 2. The Kier molecular flexibility index (Phi) is 2.78. The smallest absolute Gasteiger partial charge is 0.253 e. The molecule has 0 aromatic heterocycles. The molecule has 1 heterocycles. The van der Waals surface area contributed by atoms with Crippen LogP contribution >= 0.6 is 0 Å². The van der Waals surface area contributed by atoms with Crippen LogP contribution in [0.1, 0.15) is 12.8 Å². The Morgan fingerprint density at radius 1 is 1.55 bits per heavy atom. The van der Waals surface area contributed by atoms with Gasteiger partial charge in [-0.2, -0.15) is 0 Å². The number of rotatable bonds is 2. The largest absolute Gasteiger partial charge is 0.330 e. The lowest BCUT2D eigenvalue weighted by atomic mass is 9.92. The van der Waals surface area contributed by atoms with Gasteiger partial charge in [-0.25, -0.2) is 8.78 Å². The molecule has 1 fully saturated rings. The van der Waals surface area contributed by atoms with Crippen molar-refractivity contribution in [2.75, 3.05) is 19.6 Å². The molecule has 1 rings (SSSR count). The highest BCUT2D eigenvalue weighted by Crippen LogP contribution is 2.31. The van der Waals surface area contributed by atoms with Gasteiger partial charge < -0.3 is 11.1 Å². The fraction of sp³-hybridized carbons (Fsp3) is 1.00. The average Bonchev–Trinajstić information content (AvgIpc) is 1.94. The van der Waals surface area contributed by atoms with Crippen molar-refractivity contribution in [2.24, 2.45) is 11.7 Å². The maximum Gasteiger partial charge on any atom is 0.253 e. The van der Waals surface area contributed by atoms with E-state index in [1.165, 1.54) is 0 Å². The van der Waals surface area contributed by atoms with E-state index in [-0.39, 0.29) is 6.42 Å². The molecule has 0 saturated carbocycles. The van der Waals surface area contributed by atoms with Gasteiger partial charge in [0.1, 0.15) is 0 Å². The summed E-state index contributed by atoms with van der Waals surface area (Å²) >= 11 is 0. The average molecular weight is 164 g/mol. The number of nitrogens with one attached hydrogen (secondary N) is 1. The van der Waals surface area contributed by atoms with Gasteiger partial charge in [-0.3, -0.25) is 0 Å². The maximum absolute atomic E-state index is 13.0. The second kappa shape index (κ2) is 3.45. The minimum Gasteiger partial charge on any atom is -0.330 e. The van der Waals surface area contributed by atoms with Gasteiger partial charge in [0, 0.05) is 25.4 Å². The molecule has 1 unspecified atom stereocenters. The summed E-state index contributed by atoms with van der Waals surface area (Å²) in [6.45, 7) is 1.18. The van der Waals surface area contributed by atoms with Crippen molar-refractivity contribution in [3.05, 3.63) is 0 Å². The van der Waals surface area contributed by atoms with Crippen LogP contribution in [0.3, 0.4) is 0 Å². The number of piperidine rings is 1. The summed E-state index contributed by atoms with van der Waals surface area (Å²) in [6.07, 6.45) is 0.373. The quantitative estimate of drug-likeness (QED) is 0.626. The highest BCUT2D eigenvalue weighted by atomic mass is 19.3. The molecule has 0 amide bonds. The third-order valence-electron chi connectivity index (χ3n) is 2.14. The molecule has 0 bridgehead atoms. The summed E-state index contributed by atoms with van der Waals surface area (Å²) in [5, 5.41) is 2.94. The zero-order valence-electron chi connectivity index (χ0n) is 6.45. The van der Waals surface area contributed by atoms with Crippen LogP contribution in [-0.2, 0) is 0 Å². The number of hydrogen-bond acceptors (Lipinski definition) is 2. The Balaban J connectivity index is 2.45. The minimum absolute atomic E-state index is 0.0440. The molecule has 4 heteroatoms. The van der Waals surface area contributed by atoms with E-state index in [0.717, 1.165) is 0 Å². The van der Waals surface area contributed by atoms with Crippen molar-refractivity contribution in [1.82, 2.24) is 5.32 Å². The van der Waals surface area contributed by atoms with Crippen LogP contribution in [0.2, 0.25) is 0 Å². The van der Waals surface area contributed by atoms with Gasteiger partial charge in [-0.15, -0.1) is 0 Å². The van der Waals surface area contributed by atoms with Crippen LogP contribution in [0.4, 0.5) is 8.78 Å². The minimum atomic E-state index is -2.50. The van der Waals surface area contributed by atoms with Crippen LogP contribution in [0.25, 0.3) is 0 Å². The maximum atomic E-state index is 13.0.